The average molecular weight is 202 g/mol. The van der Waals surface area contributed by atoms with Crippen LogP contribution < -0.4 is 11.1 Å². The van der Waals surface area contributed by atoms with Crippen LogP contribution >= 0.6 is 12.2 Å². The molecule has 0 amide bonds. The van der Waals surface area contributed by atoms with Gasteiger partial charge in [-0.25, -0.2) is 0 Å². The molecule has 0 fully saturated rings. The quantitative estimate of drug-likeness (QED) is 0.492. The first-order valence-electron chi connectivity index (χ1n) is 5.26. The highest BCUT2D eigenvalue weighted by atomic mass is 32.1. The van der Waals surface area contributed by atoms with Crippen LogP contribution in [0, 0.1) is 0 Å². The Kier molecular flexibility index (Phi) is 8.10. The zero-order valence-corrected chi connectivity index (χ0v) is 9.62. The van der Waals surface area contributed by atoms with Gasteiger partial charge in [-0.1, -0.05) is 39.5 Å². The minimum absolute atomic E-state index is 0.433. The van der Waals surface area contributed by atoms with E-state index in [4.69, 9.17) is 18.0 Å². The predicted octanol–water partition coefficient (Wildman–Crippen LogP) is 2.57. The van der Waals surface area contributed by atoms with Gasteiger partial charge in [0.05, 0.1) is 0 Å². The maximum Gasteiger partial charge on any atom is 0.163 e. The number of hydrogen-bond donors (Lipinski definition) is 2. The Balaban J connectivity index is 3.42. The van der Waals surface area contributed by atoms with Crippen molar-refractivity contribution in [2.45, 2.75) is 58.4 Å². The number of thiocarbonyl (C=S) groups is 1. The molecule has 0 aliphatic carbocycles. The molecule has 0 saturated carbocycles. The van der Waals surface area contributed by atoms with Crippen molar-refractivity contribution in [1.82, 2.24) is 5.32 Å². The van der Waals surface area contributed by atoms with Crippen molar-refractivity contribution in [2.75, 3.05) is 0 Å². The molecule has 3 heteroatoms. The van der Waals surface area contributed by atoms with Gasteiger partial charge in [0, 0.05) is 6.04 Å². The minimum atomic E-state index is 0.433. The van der Waals surface area contributed by atoms with Gasteiger partial charge in [0.15, 0.2) is 5.11 Å². The van der Waals surface area contributed by atoms with Gasteiger partial charge in [0.25, 0.3) is 0 Å². The molecule has 0 bridgehead atoms. The number of unbranched alkanes of at least 4 members (excludes halogenated alkanes) is 3. The fourth-order valence-electron chi connectivity index (χ4n) is 1.40. The normalized spacial score (nSPS) is 12.5. The van der Waals surface area contributed by atoms with Gasteiger partial charge in [-0.15, -0.1) is 0 Å². The summed E-state index contributed by atoms with van der Waals surface area (Å²) >= 11 is 4.81. The largest absolute Gasteiger partial charge is 0.376 e. The molecule has 3 N–H and O–H groups in total. The van der Waals surface area contributed by atoms with Crippen LogP contribution in [0.1, 0.15) is 52.4 Å². The molecule has 78 valence electrons. The van der Waals surface area contributed by atoms with E-state index in [9.17, 15) is 0 Å². The highest BCUT2D eigenvalue weighted by molar-refractivity contribution is 7.80. The lowest BCUT2D eigenvalue weighted by Crippen LogP contribution is -2.37. The Hall–Kier alpha value is -0.310. The maximum absolute atomic E-state index is 5.42. The Bertz CT molecular complexity index is 137. The number of nitrogens with two attached hydrogens (primary N) is 1. The molecule has 1 unspecified atom stereocenters. The highest BCUT2D eigenvalue weighted by Crippen LogP contribution is 2.07. The zero-order valence-electron chi connectivity index (χ0n) is 8.81. The van der Waals surface area contributed by atoms with Crippen molar-refractivity contribution in [3.63, 3.8) is 0 Å². The van der Waals surface area contributed by atoms with Crippen LogP contribution in [-0.2, 0) is 0 Å². The molecule has 0 aromatic carbocycles. The molecular formula is C10H22N2S. The molecule has 0 aliphatic heterocycles. The lowest BCUT2D eigenvalue weighted by atomic mass is 10.1. The average Bonchev–Trinajstić information content (AvgIpc) is 2.09. The summed E-state index contributed by atoms with van der Waals surface area (Å²) in [6.07, 6.45) is 7.52. The van der Waals surface area contributed by atoms with E-state index in [2.05, 4.69) is 19.2 Å². The standard InChI is InChI=1S/C10H22N2S/c1-3-5-6-7-8-9(4-2)12-10(11)13/h9H,3-8H2,1-2H3,(H3,11,12,13). The summed E-state index contributed by atoms with van der Waals surface area (Å²) in [6, 6.07) is 0.481. The molecule has 0 saturated heterocycles. The third-order valence-corrected chi connectivity index (χ3v) is 2.36. The van der Waals surface area contributed by atoms with Gasteiger partial charge >= 0.3 is 0 Å². The second-order valence-electron chi connectivity index (χ2n) is 3.46. The number of rotatable bonds is 7. The third kappa shape index (κ3) is 8.03. The van der Waals surface area contributed by atoms with Gasteiger partial charge in [-0.3, -0.25) is 0 Å². The molecule has 13 heavy (non-hydrogen) atoms. The van der Waals surface area contributed by atoms with Crippen molar-refractivity contribution in [1.29, 1.82) is 0 Å². The van der Waals surface area contributed by atoms with Crippen molar-refractivity contribution < 1.29 is 0 Å². The topological polar surface area (TPSA) is 38.0 Å². The van der Waals surface area contributed by atoms with Crippen LogP contribution in [0.3, 0.4) is 0 Å². The fourth-order valence-corrected chi connectivity index (χ4v) is 1.56. The molecular weight excluding hydrogens is 180 g/mol. The predicted molar refractivity (Wildman–Crippen MR) is 62.8 cm³/mol. The molecule has 0 aromatic heterocycles. The number of nitrogens with one attached hydrogen (secondary N) is 1. The van der Waals surface area contributed by atoms with Gasteiger partial charge < -0.3 is 11.1 Å². The highest BCUT2D eigenvalue weighted by Gasteiger charge is 2.04. The van der Waals surface area contributed by atoms with Crippen LogP contribution in [0.2, 0.25) is 0 Å². The van der Waals surface area contributed by atoms with Crippen molar-refractivity contribution in [3.8, 4) is 0 Å². The van der Waals surface area contributed by atoms with Crippen LogP contribution in [-0.4, -0.2) is 11.2 Å². The van der Waals surface area contributed by atoms with Gasteiger partial charge in [-0.05, 0) is 25.1 Å². The van der Waals surface area contributed by atoms with E-state index >= 15 is 0 Å². The number of hydrogen-bond acceptors (Lipinski definition) is 1. The van der Waals surface area contributed by atoms with Crippen LogP contribution in [0.25, 0.3) is 0 Å². The monoisotopic (exact) mass is 202 g/mol. The summed E-state index contributed by atoms with van der Waals surface area (Å²) in [5.41, 5.74) is 5.42. The summed E-state index contributed by atoms with van der Waals surface area (Å²) in [7, 11) is 0. The minimum Gasteiger partial charge on any atom is -0.376 e. The smallest absolute Gasteiger partial charge is 0.163 e. The Morgan fingerprint density at radius 2 is 2.00 bits per heavy atom. The Morgan fingerprint density at radius 1 is 1.31 bits per heavy atom. The molecule has 0 aliphatic rings. The fraction of sp³-hybridized carbons (Fsp3) is 0.900. The van der Waals surface area contributed by atoms with Crippen LogP contribution in [0.15, 0.2) is 0 Å². The van der Waals surface area contributed by atoms with E-state index in [0.717, 1.165) is 6.42 Å². The van der Waals surface area contributed by atoms with Crippen molar-refractivity contribution in [2.24, 2.45) is 5.73 Å². The van der Waals surface area contributed by atoms with E-state index in [-0.39, 0.29) is 0 Å². The first-order chi connectivity index (χ1) is 6.20. The Labute approximate surface area is 87.3 Å². The summed E-state index contributed by atoms with van der Waals surface area (Å²) < 4.78 is 0. The molecule has 0 spiro atoms. The second kappa shape index (κ2) is 8.30. The maximum atomic E-state index is 5.42. The zero-order chi connectivity index (χ0) is 10.1. The Morgan fingerprint density at radius 3 is 2.46 bits per heavy atom. The third-order valence-electron chi connectivity index (χ3n) is 2.25. The first-order valence-corrected chi connectivity index (χ1v) is 5.67. The molecule has 0 radical (unpaired) electrons. The van der Waals surface area contributed by atoms with Crippen molar-refractivity contribution in [3.05, 3.63) is 0 Å². The van der Waals surface area contributed by atoms with E-state index in [1.165, 1.54) is 32.1 Å². The van der Waals surface area contributed by atoms with Gasteiger partial charge in [-0.2, -0.15) is 0 Å². The van der Waals surface area contributed by atoms with E-state index in [1.807, 2.05) is 0 Å². The van der Waals surface area contributed by atoms with E-state index in [1.54, 1.807) is 0 Å². The van der Waals surface area contributed by atoms with Gasteiger partial charge in [0.1, 0.15) is 0 Å². The van der Waals surface area contributed by atoms with Gasteiger partial charge in [0.2, 0.25) is 0 Å². The summed E-state index contributed by atoms with van der Waals surface area (Å²) in [5, 5.41) is 3.55. The van der Waals surface area contributed by atoms with Crippen LogP contribution in [0.4, 0.5) is 0 Å². The first kappa shape index (κ1) is 12.7. The molecule has 0 rings (SSSR count). The summed E-state index contributed by atoms with van der Waals surface area (Å²) in [6.45, 7) is 4.39. The van der Waals surface area contributed by atoms with E-state index in [0.29, 0.717) is 11.2 Å². The molecule has 2 nitrogen and oxygen atoms in total. The van der Waals surface area contributed by atoms with Crippen molar-refractivity contribution >= 4 is 17.3 Å². The molecule has 1 atom stereocenters. The lowest BCUT2D eigenvalue weighted by Gasteiger charge is -2.16. The van der Waals surface area contributed by atoms with E-state index < -0.39 is 0 Å². The second-order valence-corrected chi connectivity index (χ2v) is 3.90. The molecule has 0 heterocycles. The van der Waals surface area contributed by atoms with Crippen LogP contribution in [0.5, 0.6) is 0 Å². The molecule has 0 aromatic rings. The SMILES string of the molecule is CCCCCCC(CC)NC(N)=S. The lowest BCUT2D eigenvalue weighted by molar-refractivity contribution is 0.503. The summed E-state index contributed by atoms with van der Waals surface area (Å²) in [5.74, 6) is 0. The summed E-state index contributed by atoms with van der Waals surface area (Å²) in [4.78, 5) is 0.